The van der Waals surface area contributed by atoms with Gasteiger partial charge in [0.1, 0.15) is 0 Å². The topological polar surface area (TPSA) is 72.9 Å². The molecule has 0 atom stereocenters. The lowest BCUT2D eigenvalue weighted by atomic mass is 10.0. The van der Waals surface area contributed by atoms with Gasteiger partial charge in [0.05, 0.1) is 12.0 Å². The lowest BCUT2D eigenvalue weighted by molar-refractivity contribution is 0.0952. The van der Waals surface area contributed by atoms with E-state index in [0.29, 0.717) is 12.1 Å². The number of hydrogen-bond acceptors (Lipinski definition) is 3. The zero-order valence-corrected chi connectivity index (χ0v) is 11.3. The smallest absolute Gasteiger partial charge is 0.265 e. The highest BCUT2D eigenvalue weighted by molar-refractivity contribution is 5.95. The molecule has 1 heterocycles. The minimum Gasteiger partial charge on any atom is -0.330 e. The van der Waals surface area contributed by atoms with Crippen LogP contribution in [0.3, 0.4) is 0 Å². The fourth-order valence-electron chi connectivity index (χ4n) is 2.81. The first-order valence-electron chi connectivity index (χ1n) is 6.91. The van der Waals surface area contributed by atoms with E-state index in [0.717, 1.165) is 18.4 Å². The molecule has 20 heavy (non-hydrogen) atoms. The second-order valence-corrected chi connectivity index (χ2v) is 5.10. The summed E-state index contributed by atoms with van der Waals surface area (Å²) in [5.74, 6) is 4.98. The summed E-state index contributed by atoms with van der Waals surface area (Å²) >= 11 is 0. The van der Waals surface area contributed by atoms with Gasteiger partial charge in [0.25, 0.3) is 5.91 Å². The van der Waals surface area contributed by atoms with Crippen molar-refractivity contribution >= 4 is 5.91 Å². The third kappa shape index (κ3) is 2.32. The molecule has 0 saturated heterocycles. The minimum atomic E-state index is -0.255. The van der Waals surface area contributed by atoms with Crippen LogP contribution in [0.25, 0.3) is 0 Å². The Labute approximate surface area is 117 Å². The lowest BCUT2D eigenvalue weighted by Crippen LogP contribution is -2.31. The standard InChI is InChI=1S/C15H18N4O/c16-18-15(20)12-6-2-1-5-11(12)9-19-10-17-13-7-3-4-8-14(13)19/h1-2,5-6,10H,3-4,7-9,16H2,(H,18,20). The van der Waals surface area contributed by atoms with E-state index in [2.05, 4.69) is 15.0 Å². The van der Waals surface area contributed by atoms with E-state index in [4.69, 9.17) is 5.84 Å². The molecule has 1 aromatic carbocycles. The Bertz CT molecular complexity index is 633. The summed E-state index contributed by atoms with van der Waals surface area (Å²) in [4.78, 5) is 16.3. The highest BCUT2D eigenvalue weighted by Crippen LogP contribution is 2.21. The Morgan fingerprint density at radius 1 is 1.30 bits per heavy atom. The molecule has 0 saturated carbocycles. The van der Waals surface area contributed by atoms with Crippen LogP contribution in [-0.4, -0.2) is 15.5 Å². The number of fused-ring (bicyclic) bond motifs is 1. The average molecular weight is 270 g/mol. The predicted octanol–water partition coefficient (Wildman–Crippen LogP) is 1.41. The minimum absolute atomic E-state index is 0.255. The normalized spacial score (nSPS) is 13.8. The summed E-state index contributed by atoms with van der Waals surface area (Å²) in [7, 11) is 0. The quantitative estimate of drug-likeness (QED) is 0.503. The third-order valence-corrected chi connectivity index (χ3v) is 3.84. The van der Waals surface area contributed by atoms with Crippen LogP contribution in [0.15, 0.2) is 30.6 Å². The highest BCUT2D eigenvalue weighted by Gasteiger charge is 2.17. The molecule has 1 aliphatic carbocycles. The average Bonchev–Trinajstić information content (AvgIpc) is 2.90. The van der Waals surface area contributed by atoms with Gasteiger partial charge >= 0.3 is 0 Å². The molecule has 1 amide bonds. The van der Waals surface area contributed by atoms with Gasteiger partial charge in [-0.1, -0.05) is 18.2 Å². The lowest BCUT2D eigenvalue weighted by Gasteiger charge is -2.15. The number of benzene rings is 1. The molecule has 0 unspecified atom stereocenters. The fourth-order valence-corrected chi connectivity index (χ4v) is 2.81. The van der Waals surface area contributed by atoms with E-state index < -0.39 is 0 Å². The van der Waals surface area contributed by atoms with Crippen molar-refractivity contribution in [2.45, 2.75) is 32.2 Å². The number of carbonyl (C=O) groups is 1. The maximum Gasteiger partial charge on any atom is 0.265 e. The monoisotopic (exact) mass is 270 g/mol. The Kier molecular flexibility index (Phi) is 3.52. The Morgan fingerprint density at radius 2 is 2.10 bits per heavy atom. The summed E-state index contributed by atoms with van der Waals surface area (Å²) in [6.45, 7) is 0.659. The molecule has 0 aliphatic heterocycles. The fraction of sp³-hybridized carbons (Fsp3) is 0.333. The number of aryl methyl sites for hydroxylation is 1. The summed E-state index contributed by atoms with van der Waals surface area (Å²) in [6.07, 6.45) is 6.45. The second kappa shape index (κ2) is 5.46. The number of imidazole rings is 1. The van der Waals surface area contributed by atoms with Crippen LogP contribution in [0.1, 0.15) is 40.2 Å². The van der Waals surface area contributed by atoms with Gasteiger partial charge in [-0.25, -0.2) is 10.8 Å². The van der Waals surface area contributed by atoms with Crippen molar-refractivity contribution < 1.29 is 4.79 Å². The van der Waals surface area contributed by atoms with Gasteiger partial charge in [-0.15, -0.1) is 0 Å². The predicted molar refractivity (Wildman–Crippen MR) is 76.1 cm³/mol. The van der Waals surface area contributed by atoms with Crippen LogP contribution in [-0.2, 0) is 19.4 Å². The van der Waals surface area contributed by atoms with Crippen LogP contribution in [0, 0.1) is 0 Å². The Balaban J connectivity index is 1.92. The summed E-state index contributed by atoms with van der Waals surface area (Å²) in [6, 6.07) is 7.53. The van der Waals surface area contributed by atoms with E-state index in [1.807, 2.05) is 24.5 Å². The molecule has 3 N–H and O–H groups in total. The molecule has 2 aromatic rings. The number of nitrogen functional groups attached to an aromatic ring is 1. The van der Waals surface area contributed by atoms with E-state index in [1.54, 1.807) is 6.07 Å². The Morgan fingerprint density at radius 3 is 2.95 bits per heavy atom. The number of nitrogens with two attached hydrogens (primary N) is 1. The molecule has 0 fully saturated rings. The number of hydrogen-bond donors (Lipinski definition) is 2. The van der Waals surface area contributed by atoms with Gasteiger partial charge in [0.2, 0.25) is 0 Å². The largest absolute Gasteiger partial charge is 0.330 e. The number of rotatable bonds is 3. The van der Waals surface area contributed by atoms with Crippen molar-refractivity contribution in [1.82, 2.24) is 15.0 Å². The van der Waals surface area contributed by atoms with Gasteiger partial charge in [-0.05, 0) is 37.3 Å². The maximum atomic E-state index is 11.8. The third-order valence-electron chi connectivity index (χ3n) is 3.84. The van der Waals surface area contributed by atoms with Crippen molar-refractivity contribution in [3.8, 4) is 0 Å². The van der Waals surface area contributed by atoms with Crippen molar-refractivity contribution in [1.29, 1.82) is 0 Å². The molecule has 0 bridgehead atoms. The zero-order chi connectivity index (χ0) is 13.9. The summed E-state index contributed by atoms with van der Waals surface area (Å²) in [5.41, 5.74) is 6.29. The van der Waals surface area contributed by atoms with E-state index >= 15 is 0 Å². The van der Waals surface area contributed by atoms with Crippen molar-refractivity contribution in [2.75, 3.05) is 0 Å². The molecule has 0 radical (unpaired) electrons. The molecule has 1 aromatic heterocycles. The number of hydrazine groups is 1. The first-order valence-corrected chi connectivity index (χ1v) is 6.91. The van der Waals surface area contributed by atoms with Crippen molar-refractivity contribution in [3.63, 3.8) is 0 Å². The zero-order valence-electron chi connectivity index (χ0n) is 11.3. The molecule has 5 nitrogen and oxygen atoms in total. The van der Waals surface area contributed by atoms with Crippen molar-refractivity contribution in [2.24, 2.45) is 5.84 Å². The number of carbonyl (C=O) groups excluding carboxylic acids is 1. The summed E-state index contributed by atoms with van der Waals surface area (Å²) in [5, 5.41) is 0. The molecule has 3 rings (SSSR count). The number of nitrogens with zero attached hydrogens (tertiary/aromatic N) is 2. The molecule has 1 aliphatic rings. The maximum absolute atomic E-state index is 11.8. The highest BCUT2D eigenvalue weighted by atomic mass is 16.2. The van der Waals surface area contributed by atoms with Gasteiger partial charge in [0, 0.05) is 17.8 Å². The SMILES string of the molecule is NNC(=O)c1ccccc1Cn1cnc2c1CCCC2. The van der Waals surface area contributed by atoms with Gasteiger partial charge in [0.15, 0.2) is 0 Å². The van der Waals surface area contributed by atoms with E-state index in [1.165, 1.54) is 24.2 Å². The first-order chi connectivity index (χ1) is 9.79. The second-order valence-electron chi connectivity index (χ2n) is 5.10. The molecule has 5 heteroatoms. The number of aromatic nitrogens is 2. The summed E-state index contributed by atoms with van der Waals surface area (Å²) < 4.78 is 2.15. The van der Waals surface area contributed by atoms with Gasteiger partial charge in [-0.3, -0.25) is 10.2 Å². The number of amides is 1. The van der Waals surface area contributed by atoms with Crippen LogP contribution in [0.4, 0.5) is 0 Å². The van der Waals surface area contributed by atoms with E-state index in [9.17, 15) is 4.79 Å². The van der Waals surface area contributed by atoms with Gasteiger partial charge in [-0.2, -0.15) is 0 Å². The molecular weight excluding hydrogens is 252 g/mol. The first kappa shape index (κ1) is 12.9. The van der Waals surface area contributed by atoms with Crippen LogP contribution < -0.4 is 11.3 Å². The molecule has 104 valence electrons. The van der Waals surface area contributed by atoms with Crippen molar-refractivity contribution in [3.05, 3.63) is 53.1 Å². The van der Waals surface area contributed by atoms with Crippen LogP contribution in [0.2, 0.25) is 0 Å². The Hall–Kier alpha value is -2.14. The molecule has 0 spiro atoms. The van der Waals surface area contributed by atoms with E-state index in [-0.39, 0.29) is 5.91 Å². The molecular formula is C15H18N4O. The van der Waals surface area contributed by atoms with Gasteiger partial charge < -0.3 is 4.57 Å². The van der Waals surface area contributed by atoms with Crippen LogP contribution in [0.5, 0.6) is 0 Å². The van der Waals surface area contributed by atoms with Crippen LogP contribution >= 0.6 is 0 Å². The number of nitrogens with one attached hydrogen (secondary N) is 1.